The number of carbonyl (C=O) groups is 2. The van der Waals surface area contributed by atoms with Crippen molar-refractivity contribution >= 4 is 17.7 Å². The van der Waals surface area contributed by atoms with Gasteiger partial charge in [-0.2, -0.15) is 0 Å². The quantitative estimate of drug-likeness (QED) is 0.286. The number of benzene rings is 2. The van der Waals surface area contributed by atoms with E-state index in [0.717, 1.165) is 5.56 Å². The Bertz CT molecular complexity index is 884. The van der Waals surface area contributed by atoms with E-state index in [-0.39, 0.29) is 30.5 Å². The fraction of sp³-hybridized carbons (Fsp3) is 0.391. The number of carbonyl (C=O) groups excluding carboxylic acids is 1. The molecule has 0 aliphatic heterocycles. The number of rotatable bonds is 10. The van der Waals surface area contributed by atoms with Crippen LogP contribution in [0.3, 0.4) is 0 Å². The molecule has 2 aromatic carbocycles. The van der Waals surface area contributed by atoms with Gasteiger partial charge in [0.2, 0.25) is 0 Å². The number of urea groups is 1. The molecule has 0 saturated carbocycles. The second-order valence-electron chi connectivity index (χ2n) is 7.70. The number of nitrogens with one attached hydrogen (secondary N) is 1. The van der Waals surface area contributed by atoms with Gasteiger partial charge >= 0.3 is 12.0 Å². The molecule has 0 radical (unpaired) electrons. The number of aryl methyl sites for hydroxylation is 1. The lowest BCUT2D eigenvalue weighted by Gasteiger charge is -2.31. The molecule has 8 nitrogen and oxygen atoms in total. The van der Waals surface area contributed by atoms with E-state index in [2.05, 4.69) is 5.32 Å². The highest BCUT2D eigenvalue weighted by Crippen LogP contribution is 2.28. The Kier molecular flexibility index (Phi) is 8.69. The molecule has 0 bridgehead atoms. The first-order valence-corrected chi connectivity index (χ1v) is 10.2. The molecule has 2 rings (SSSR count). The number of hydrogen-bond donors (Lipinski definition) is 5. The van der Waals surface area contributed by atoms with E-state index in [0.29, 0.717) is 30.5 Å². The lowest BCUT2D eigenvalue weighted by atomic mass is 10.0. The van der Waals surface area contributed by atoms with Crippen molar-refractivity contribution in [1.82, 2.24) is 4.90 Å². The van der Waals surface area contributed by atoms with Crippen LogP contribution in [0.1, 0.15) is 49.8 Å². The normalized spacial score (nSPS) is 12.7. The van der Waals surface area contributed by atoms with Gasteiger partial charge in [0.05, 0.1) is 12.6 Å². The maximum absolute atomic E-state index is 13.0. The maximum Gasteiger partial charge on any atom is 0.322 e. The molecular formula is C23H30N2O6. The zero-order valence-electron chi connectivity index (χ0n) is 17.8. The molecule has 2 atom stereocenters. The van der Waals surface area contributed by atoms with Crippen LogP contribution in [0.2, 0.25) is 0 Å². The third kappa shape index (κ3) is 7.49. The minimum Gasteiger partial charge on any atom is -0.504 e. The molecule has 2 amide bonds. The van der Waals surface area contributed by atoms with E-state index in [9.17, 15) is 24.9 Å². The van der Waals surface area contributed by atoms with Crippen molar-refractivity contribution in [3.63, 3.8) is 0 Å². The number of carboxylic acid groups (broad SMARTS) is 1. The van der Waals surface area contributed by atoms with Crippen molar-refractivity contribution < 1.29 is 30.0 Å². The molecule has 8 heteroatoms. The summed E-state index contributed by atoms with van der Waals surface area (Å²) in [5.41, 5.74) is 2.04. The van der Waals surface area contributed by atoms with E-state index < -0.39 is 18.1 Å². The van der Waals surface area contributed by atoms with Crippen LogP contribution in [0, 0.1) is 6.92 Å². The summed E-state index contributed by atoms with van der Waals surface area (Å²) in [6.07, 6.45) is 0.677. The molecule has 0 heterocycles. The molecule has 0 aliphatic carbocycles. The Morgan fingerprint density at radius 3 is 2.32 bits per heavy atom. The van der Waals surface area contributed by atoms with Crippen molar-refractivity contribution in [2.75, 3.05) is 11.9 Å². The van der Waals surface area contributed by atoms with Crippen molar-refractivity contribution in [3.05, 3.63) is 53.6 Å². The number of aliphatic carboxylic acids is 1. The number of phenols is 2. The summed E-state index contributed by atoms with van der Waals surface area (Å²) in [4.78, 5) is 25.2. The fourth-order valence-corrected chi connectivity index (χ4v) is 3.21. The lowest BCUT2D eigenvalue weighted by molar-refractivity contribution is -0.137. The Balaban J connectivity index is 2.12. The minimum atomic E-state index is -1.09. The standard InChI is InChI=1S/C23H30N2O6/c1-15-7-10-18(11-8-15)24-23(31)25(16(2)5-3-4-6-22(29)30)14-21(28)17-9-12-19(26)20(27)13-17/h7-13,16,21,26-28H,3-6,14H2,1-2H3,(H,24,31)(H,29,30). The number of aliphatic hydroxyl groups is 1. The SMILES string of the molecule is Cc1ccc(NC(=O)N(CC(O)c2ccc(O)c(O)c2)C(C)CCCCC(=O)O)cc1. The predicted molar refractivity (Wildman–Crippen MR) is 117 cm³/mol. The lowest BCUT2D eigenvalue weighted by Crippen LogP contribution is -2.43. The van der Waals surface area contributed by atoms with Crippen molar-refractivity contribution in [1.29, 1.82) is 0 Å². The maximum atomic E-state index is 13.0. The van der Waals surface area contributed by atoms with E-state index in [4.69, 9.17) is 5.11 Å². The molecule has 0 fully saturated rings. The van der Waals surface area contributed by atoms with Crippen LogP contribution < -0.4 is 5.32 Å². The van der Waals surface area contributed by atoms with Gasteiger partial charge < -0.3 is 30.6 Å². The number of hydrogen-bond acceptors (Lipinski definition) is 5. The third-order valence-corrected chi connectivity index (χ3v) is 5.11. The number of unbranched alkanes of at least 4 members (excludes halogenated alkanes) is 1. The van der Waals surface area contributed by atoms with Gasteiger partial charge in [0.15, 0.2) is 11.5 Å². The van der Waals surface area contributed by atoms with Gasteiger partial charge in [0, 0.05) is 18.2 Å². The number of amides is 2. The molecule has 0 saturated heterocycles. The van der Waals surface area contributed by atoms with Crippen LogP contribution >= 0.6 is 0 Å². The molecule has 2 unspecified atom stereocenters. The first-order chi connectivity index (χ1) is 14.7. The van der Waals surface area contributed by atoms with Crippen LogP contribution in [-0.4, -0.2) is 49.9 Å². The van der Waals surface area contributed by atoms with Crippen molar-refractivity contribution in [2.24, 2.45) is 0 Å². The van der Waals surface area contributed by atoms with Crippen molar-refractivity contribution in [3.8, 4) is 11.5 Å². The number of phenolic OH excluding ortho intramolecular Hbond substituents is 2. The number of nitrogens with zero attached hydrogens (tertiary/aromatic N) is 1. The zero-order valence-corrected chi connectivity index (χ0v) is 17.8. The van der Waals surface area contributed by atoms with Gasteiger partial charge in [0.1, 0.15) is 0 Å². The Morgan fingerprint density at radius 1 is 1.03 bits per heavy atom. The molecule has 0 aromatic heterocycles. The summed E-state index contributed by atoms with van der Waals surface area (Å²) in [5.74, 6) is -1.50. The first-order valence-electron chi connectivity index (χ1n) is 10.2. The summed E-state index contributed by atoms with van der Waals surface area (Å²) in [5, 5.41) is 41.5. The summed E-state index contributed by atoms with van der Waals surface area (Å²) in [6.45, 7) is 3.75. The van der Waals surface area contributed by atoms with Crippen molar-refractivity contribution in [2.45, 2.75) is 51.7 Å². The molecule has 31 heavy (non-hydrogen) atoms. The van der Waals surface area contributed by atoms with Gasteiger partial charge in [-0.3, -0.25) is 4.79 Å². The predicted octanol–water partition coefficient (Wildman–Crippen LogP) is 4.01. The van der Waals surface area contributed by atoms with E-state index in [1.165, 1.54) is 23.1 Å². The highest BCUT2D eigenvalue weighted by molar-refractivity contribution is 5.89. The van der Waals surface area contributed by atoms with Crippen LogP contribution in [0.15, 0.2) is 42.5 Å². The Labute approximate surface area is 181 Å². The Hall–Kier alpha value is -3.26. The van der Waals surface area contributed by atoms with Crippen LogP contribution in [0.5, 0.6) is 11.5 Å². The topological polar surface area (TPSA) is 130 Å². The first kappa shape index (κ1) is 24.0. The summed E-state index contributed by atoms with van der Waals surface area (Å²) in [7, 11) is 0. The second-order valence-corrected chi connectivity index (χ2v) is 7.70. The third-order valence-electron chi connectivity index (χ3n) is 5.11. The van der Waals surface area contributed by atoms with Gasteiger partial charge in [-0.25, -0.2) is 4.79 Å². The largest absolute Gasteiger partial charge is 0.504 e. The summed E-state index contributed by atoms with van der Waals surface area (Å²) >= 11 is 0. The smallest absolute Gasteiger partial charge is 0.322 e. The number of aromatic hydroxyl groups is 2. The average Bonchev–Trinajstić information content (AvgIpc) is 2.72. The number of aliphatic hydroxyl groups excluding tert-OH is 1. The van der Waals surface area contributed by atoms with Gasteiger partial charge in [-0.15, -0.1) is 0 Å². The molecule has 2 aromatic rings. The average molecular weight is 431 g/mol. The Morgan fingerprint density at radius 2 is 1.71 bits per heavy atom. The fourth-order valence-electron chi connectivity index (χ4n) is 3.21. The van der Waals surface area contributed by atoms with E-state index in [1.54, 1.807) is 12.1 Å². The zero-order chi connectivity index (χ0) is 23.0. The van der Waals surface area contributed by atoms with Crippen LogP contribution in [0.25, 0.3) is 0 Å². The summed E-state index contributed by atoms with van der Waals surface area (Å²) in [6, 6.07) is 10.7. The number of anilines is 1. The van der Waals surface area contributed by atoms with Gasteiger partial charge in [0.25, 0.3) is 0 Å². The molecule has 168 valence electrons. The molecule has 5 N–H and O–H groups in total. The van der Waals surface area contributed by atoms with Crippen LogP contribution in [0.4, 0.5) is 10.5 Å². The van der Waals surface area contributed by atoms with E-state index >= 15 is 0 Å². The highest BCUT2D eigenvalue weighted by Gasteiger charge is 2.24. The van der Waals surface area contributed by atoms with Crippen LogP contribution in [-0.2, 0) is 4.79 Å². The molecular weight excluding hydrogens is 400 g/mol. The van der Waals surface area contributed by atoms with Gasteiger partial charge in [-0.05, 0) is 56.5 Å². The van der Waals surface area contributed by atoms with E-state index in [1.807, 2.05) is 26.0 Å². The second kappa shape index (κ2) is 11.2. The summed E-state index contributed by atoms with van der Waals surface area (Å²) < 4.78 is 0. The van der Waals surface area contributed by atoms with Gasteiger partial charge in [-0.1, -0.05) is 30.2 Å². The monoisotopic (exact) mass is 430 g/mol. The molecule has 0 spiro atoms. The molecule has 0 aliphatic rings. The minimum absolute atomic E-state index is 0.0397. The number of carboxylic acids is 1. The highest BCUT2D eigenvalue weighted by atomic mass is 16.4.